The van der Waals surface area contributed by atoms with Crippen molar-refractivity contribution in [2.75, 3.05) is 5.32 Å². The predicted molar refractivity (Wildman–Crippen MR) is 74.3 cm³/mol. The van der Waals surface area contributed by atoms with Crippen LogP contribution in [-0.2, 0) is 13.0 Å². The summed E-state index contributed by atoms with van der Waals surface area (Å²) in [6, 6.07) is 14.4. The number of hydrogen-bond donors (Lipinski definition) is 1. The molecule has 0 atom stereocenters. The first-order valence-corrected chi connectivity index (χ1v) is 6.25. The van der Waals surface area contributed by atoms with Gasteiger partial charge < -0.3 is 5.32 Å². The molecule has 1 N–H and O–H groups in total. The van der Waals surface area contributed by atoms with Crippen LogP contribution in [0.25, 0.3) is 0 Å². The fourth-order valence-corrected chi connectivity index (χ4v) is 1.97. The summed E-state index contributed by atoms with van der Waals surface area (Å²) in [4.78, 5) is 0. The van der Waals surface area contributed by atoms with Crippen LogP contribution >= 0.6 is 0 Å². The lowest BCUT2D eigenvalue weighted by Gasteiger charge is -2.11. The normalized spacial score (nSPS) is 9.95. The quantitative estimate of drug-likeness (QED) is 0.899. The van der Waals surface area contributed by atoms with E-state index in [1.165, 1.54) is 17.7 Å². The first-order valence-electron chi connectivity index (χ1n) is 6.25. The van der Waals surface area contributed by atoms with Crippen molar-refractivity contribution in [3.05, 3.63) is 65.0 Å². The Morgan fingerprint density at radius 2 is 1.95 bits per heavy atom. The fraction of sp³-hybridized carbons (Fsp3) is 0.188. The van der Waals surface area contributed by atoms with E-state index in [9.17, 15) is 4.39 Å². The third kappa shape index (κ3) is 3.11. The predicted octanol–water partition coefficient (Wildman–Crippen LogP) is 3.87. The van der Waals surface area contributed by atoms with Gasteiger partial charge in [-0.3, -0.25) is 0 Å². The summed E-state index contributed by atoms with van der Waals surface area (Å²) in [6.45, 7) is 2.45. The van der Waals surface area contributed by atoms with E-state index in [4.69, 9.17) is 5.26 Å². The number of nitrogens with zero attached hydrogens (tertiary/aromatic N) is 1. The molecule has 0 aliphatic heterocycles. The molecule has 2 aromatic rings. The van der Waals surface area contributed by atoms with E-state index in [1.54, 1.807) is 6.07 Å². The molecule has 0 amide bonds. The Morgan fingerprint density at radius 1 is 1.16 bits per heavy atom. The molecule has 0 aliphatic carbocycles. The molecule has 0 heterocycles. The summed E-state index contributed by atoms with van der Waals surface area (Å²) in [5, 5.41) is 12.1. The third-order valence-electron chi connectivity index (χ3n) is 3.04. The molecule has 0 fully saturated rings. The summed E-state index contributed by atoms with van der Waals surface area (Å²) in [6.07, 6.45) is 0.921. The Morgan fingerprint density at radius 3 is 2.68 bits per heavy atom. The van der Waals surface area contributed by atoms with Crippen LogP contribution in [0, 0.1) is 17.1 Å². The molecule has 0 unspecified atom stereocenters. The van der Waals surface area contributed by atoms with Gasteiger partial charge in [0.05, 0.1) is 11.6 Å². The van der Waals surface area contributed by atoms with E-state index in [0.29, 0.717) is 17.7 Å². The molecule has 2 aromatic carbocycles. The van der Waals surface area contributed by atoms with Gasteiger partial charge in [-0.05, 0) is 36.2 Å². The van der Waals surface area contributed by atoms with Crippen molar-refractivity contribution in [2.45, 2.75) is 19.9 Å². The molecule has 2 nitrogen and oxygen atoms in total. The minimum Gasteiger partial charge on any atom is -0.381 e. The Labute approximate surface area is 112 Å². The molecule has 2 rings (SSSR count). The number of aryl methyl sites for hydroxylation is 1. The van der Waals surface area contributed by atoms with Crippen LogP contribution in [0.5, 0.6) is 0 Å². The second kappa shape index (κ2) is 6.01. The number of anilines is 1. The van der Waals surface area contributed by atoms with Crippen LogP contribution in [0.15, 0.2) is 42.5 Å². The van der Waals surface area contributed by atoms with Crippen molar-refractivity contribution in [3.63, 3.8) is 0 Å². The van der Waals surface area contributed by atoms with Crippen molar-refractivity contribution >= 4 is 5.69 Å². The second-order valence-corrected chi connectivity index (χ2v) is 4.28. The first-order chi connectivity index (χ1) is 9.24. The molecule has 96 valence electrons. The summed E-state index contributed by atoms with van der Waals surface area (Å²) < 4.78 is 13.6. The third-order valence-corrected chi connectivity index (χ3v) is 3.04. The summed E-state index contributed by atoms with van der Waals surface area (Å²) in [5.74, 6) is -0.291. The highest BCUT2D eigenvalue weighted by Crippen LogP contribution is 2.18. The maximum atomic E-state index is 13.6. The fourth-order valence-electron chi connectivity index (χ4n) is 1.97. The minimum atomic E-state index is -0.291. The van der Waals surface area contributed by atoms with Crippen LogP contribution in [0.3, 0.4) is 0 Å². The van der Waals surface area contributed by atoms with Gasteiger partial charge in [-0.2, -0.15) is 5.26 Å². The van der Waals surface area contributed by atoms with Crippen molar-refractivity contribution in [3.8, 4) is 6.07 Å². The highest BCUT2D eigenvalue weighted by Gasteiger charge is 2.05. The van der Waals surface area contributed by atoms with E-state index < -0.39 is 0 Å². The zero-order chi connectivity index (χ0) is 13.7. The maximum Gasteiger partial charge on any atom is 0.128 e. The van der Waals surface area contributed by atoms with Gasteiger partial charge in [0, 0.05) is 17.8 Å². The monoisotopic (exact) mass is 254 g/mol. The van der Waals surface area contributed by atoms with Crippen LogP contribution in [0.4, 0.5) is 10.1 Å². The number of para-hydroxylation sites is 1. The number of halogens is 1. The topological polar surface area (TPSA) is 35.8 Å². The number of rotatable bonds is 4. The van der Waals surface area contributed by atoms with Crippen LogP contribution in [0.2, 0.25) is 0 Å². The number of nitrogens with one attached hydrogen (secondary N) is 1. The van der Waals surface area contributed by atoms with Crippen LogP contribution in [0.1, 0.15) is 23.6 Å². The zero-order valence-corrected chi connectivity index (χ0v) is 10.8. The van der Waals surface area contributed by atoms with Crippen LogP contribution in [-0.4, -0.2) is 0 Å². The molecule has 3 heteroatoms. The Bertz CT molecular complexity index is 614. The first kappa shape index (κ1) is 13.1. The lowest BCUT2D eigenvalue weighted by Crippen LogP contribution is -2.04. The van der Waals surface area contributed by atoms with Gasteiger partial charge in [-0.15, -0.1) is 0 Å². The minimum absolute atomic E-state index is 0.291. The van der Waals surface area contributed by atoms with Gasteiger partial charge >= 0.3 is 0 Å². The van der Waals surface area contributed by atoms with Crippen molar-refractivity contribution < 1.29 is 4.39 Å². The lowest BCUT2D eigenvalue weighted by atomic mass is 10.1. The zero-order valence-electron chi connectivity index (χ0n) is 10.8. The highest BCUT2D eigenvalue weighted by atomic mass is 19.1. The smallest absolute Gasteiger partial charge is 0.128 e. The largest absolute Gasteiger partial charge is 0.381 e. The maximum absolute atomic E-state index is 13.6. The molecule has 0 aliphatic rings. The molecule has 0 saturated carbocycles. The van der Waals surface area contributed by atoms with E-state index in [-0.39, 0.29) is 5.82 Å². The van der Waals surface area contributed by atoms with E-state index >= 15 is 0 Å². The van der Waals surface area contributed by atoms with Gasteiger partial charge in [0.15, 0.2) is 0 Å². The van der Waals surface area contributed by atoms with Crippen molar-refractivity contribution in [1.29, 1.82) is 5.26 Å². The number of hydrogen-bond acceptors (Lipinski definition) is 2. The molecule has 19 heavy (non-hydrogen) atoms. The molecule has 0 bridgehead atoms. The average Bonchev–Trinajstić information content (AvgIpc) is 2.46. The summed E-state index contributed by atoms with van der Waals surface area (Å²) >= 11 is 0. The standard InChI is InChI=1S/C16H15FN2/c1-2-13-5-3-4-6-16(13)19-11-14-9-12(10-18)7-8-15(14)17/h3-9,19H,2,11H2,1H3. The molecular formula is C16H15FN2. The van der Waals surface area contributed by atoms with E-state index in [0.717, 1.165) is 12.1 Å². The second-order valence-electron chi connectivity index (χ2n) is 4.28. The molecule has 0 spiro atoms. The van der Waals surface area contributed by atoms with Gasteiger partial charge in [0.25, 0.3) is 0 Å². The number of nitriles is 1. The van der Waals surface area contributed by atoms with Crippen molar-refractivity contribution in [1.82, 2.24) is 0 Å². The summed E-state index contributed by atoms with van der Waals surface area (Å²) in [7, 11) is 0. The molecule has 0 radical (unpaired) electrons. The highest BCUT2D eigenvalue weighted by molar-refractivity contribution is 5.51. The SMILES string of the molecule is CCc1ccccc1NCc1cc(C#N)ccc1F. The van der Waals surface area contributed by atoms with Crippen LogP contribution < -0.4 is 5.32 Å². The molecular weight excluding hydrogens is 239 g/mol. The molecule has 0 aromatic heterocycles. The average molecular weight is 254 g/mol. The Balaban J connectivity index is 2.17. The number of benzene rings is 2. The Hall–Kier alpha value is -2.34. The van der Waals surface area contributed by atoms with E-state index in [1.807, 2.05) is 30.3 Å². The lowest BCUT2D eigenvalue weighted by molar-refractivity contribution is 0.612. The van der Waals surface area contributed by atoms with Gasteiger partial charge in [0.2, 0.25) is 0 Å². The summed E-state index contributed by atoms with van der Waals surface area (Å²) in [5.41, 5.74) is 3.18. The Kier molecular flexibility index (Phi) is 4.15. The van der Waals surface area contributed by atoms with Gasteiger partial charge in [-0.1, -0.05) is 25.1 Å². The van der Waals surface area contributed by atoms with Gasteiger partial charge in [0.1, 0.15) is 5.82 Å². The van der Waals surface area contributed by atoms with E-state index in [2.05, 4.69) is 12.2 Å². The van der Waals surface area contributed by atoms with Gasteiger partial charge in [-0.25, -0.2) is 4.39 Å². The van der Waals surface area contributed by atoms with Crippen molar-refractivity contribution in [2.24, 2.45) is 0 Å². The molecule has 0 saturated heterocycles.